The number of carbonyl (C=O) groups excluding carboxylic acids is 2. The van der Waals surface area contributed by atoms with Crippen LogP contribution in [-0.2, 0) is 9.59 Å². The fourth-order valence-corrected chi connectivity index (χ4v) is 4.82. The minimum Gasteiger partial charge on any atom is -0.329 e. The lowest BCUT2D eigenvalue weighted by Gasteiger charge is -2.49. The number of rotatable bonds is 2. The minimum atomic E-state index is -0.269. The monoisotopic (exact) mass is 292 g/mol. The van der Waals surface area contributed by atoms with E-state index in [1.54, 1.807) is 0 Å². The van der Waals surface area contributed by atoms with Crippen molar-refractivity contribution in [2.75, 3.05) is 6.54 Å². The van der Waals surface area contributed by atoms with Gasteiger partial charge in [-0.05, 0) is 50.9 Å². The van der Waals surface area contributed by atoms with Gasteiger partial charge in [-0.15, -0.1) is 0 Å². The predicted octanol–water partition coefficient (Wildman–Crippen LogP) is 2.42. The van der Waals surface area contributed by atoms with Crippen LogP contribution in [0.15, 0.2) is 0 Å². The van der Waals surface area contributed by atoms with Crippen LogP contribution < -0.4 is 0 Å². The first-order valence-corrected chi connectivity index (χ1v) is 8.69. The van der Waals surface area contributed by atoms with E-state index >= 15 is 0 Å². The maximum atomic E-state index is 13.0. The van der Waals surface area contributed by atoms with E-state index in [-0.39, 0.29) is 29.9 Å². The van der Waals surface area contributed by atoms with Crippen molar-refractivity contribution in [1.82, 2.24) is 9.80 Å². The molecule has 0 radical (unpaired) electrons. The molecule has 0 N–H and O–H groups in total. The second-order valence-electron chi connectivity index (χ2n) is 7.14. The molecule has 2 heterocycles. The van der Waals surface area contributed by atoms with Crippen LogP contribution in [0.5, 0.6) is 0 Å². The average Bonchev–Trinajstić information content (AvgIpc) is 2.86. The molecular formula is C17H28N2O2. The van der Waals surface area contributed by atoms with Crippen molar-refractivity contribution >= 4 is 11.8 Å². The van der Waals surface area contributed by atoms with Crippen LogP contribution in [0.25, 0.3) is 0 Å². The molecule has 1 saturated carbocycles. The summed E-state index contributed by atoms with van der Waals surface area (Å²) in [6.07, 6.45) is 6.40. The molecule has 5 atom stereocenters. The summed E-state index contributed by atoms with van der Waals surface area (Å²) >= 11 is 0. The summed E-state index contributed by atoms with van der Waals surface area (Å²) in [6, 6.07) is -0.171. The third kappa shape index (κ3) is 2.27. The highest BCUT2D eigenvalue weighted by Crippen LogP contribution is 2.40. The number of amides is 2. The smallest absolute Gasteiger partial charge is 0.246 e. The Kier molecular flexibility index (Phi) is 3.98. The molecule has 5 unspecified atom stereocenters. The van der Waals surface area contributed by atoms with Gasteiger partial charge in [-0.1, -0.05) is 20.3 Å². The van der Waals surface area contributed by atoms with Gasteiger partial charge >= 0.3 is 0 Å². The summed E-state index contributed by atoms with van der Waals surface area (Å²) in [6.45, 7) is 7.20. The number of hydrogen-bond donors (Lipinski definition) is 0. The molecule has 2 amide bonds. The number of piperazine rings is 1. The molecule has 2 aliphatic heterocycles. The Bertz CT molecular complexity index is 437. The predicted molar refractivity (Wildman–Crippen MR) is 81.6 cm³/mol. The average molecular weight is 292 g/mol. The molecule has 4 nitrogen and oxygen atoms in total. The molecule has 118 valence electrons. The molecule has 0 aromatic rings. The Morgan fingerprint density at radius 3 is 2.48 bits per heavy atom. The van der Waals surface area contributed by atoms with Gasteiger partial charge in [0.15, 0.2) is 0 Å². The highest BCUT2D eigenvalue weighted by molar-refractivity contribution is 5.97. The highest BCUT2D eigenvalue weighted by atomic mass is 16.2. The Morgan fingerprint density at radius 1 is 1.05 bits per heavy atom. The zero-order chi connectivity index (χ0) is 15.1. The molecular weight excluding hydrogens is 264 g/mol. The highest BCUT2D eigenvalue weighted by Gasteiger charge is 2.49. The van der Waals surface area contributed by atoms with Crippen LogP contribution in [0.4, 0.5) is 0 Å². The normalized spacial score (nSPS) is 40.6. The zero-order valence-electron chi connectivity index (χ0n) is 13.5. The van der Waals surface area contributed by atoms with Gasteiger partial charge in [0.2, 0.25) is 11.8 Å². The van der Waals surface area contributed by atoms with Gasteiger partial charge in [-0.3, -0.25) is 9.59 Å². The van der Waals surface area contributed by atoms with Crippen molar-refractivity contribution in [2.45, 2.75) is 77.4 Å². The second-order valence-corrected chi connectivity index (χ2v) is 7.14. The molecule has 3 aliphatic rings. The Labute approximate surface area is 127 Å². The first-order chi connectivity index (χ1) is 10.1. The summed E-state index contributed by atoms with van der Waals surface area (Å²) in [5.74, 6) is 1.61. The molecule has 2 saturated heterocycles. The molecule has 4 heteroatoms. The minimum absolute atomic E-state index is 0.171. The molecule has 0 bridgehead atoms. The molecule has 1 aliphatic carbocycles. The van der Waals surface area contributed by atoms with E-state index in [1.165, 1.54) is 12.8 Å². The largest absolute Gasteiger partial charge is 0.329 e. The van der Waals surface area contributed by atoms with Crippen LogP contribution >= 0.6 is 0 Å². The van der Waals surface area contributed by atoms with Gasteiger partial charge in [-0.25, -0.2) is 0 Å². The van der Waals surface area contributed by atoms with E-state index < -0.39 is 0 Å². The van der Waals surface area contributed by atoms with Gasteiger partial charge < -0.3 is 9.80 Å². The van der Waals surface area contributed by atoms with E-state index in [2.05, 4.69) is 13.8 Å². The van der Waals surface area contributed by atoms with Gasteiger partial charge in [0.05, 0.1) is 0 Å². The maximum absolute atomic E-state index is 13.0. The number of piperidine rings is 1. The van der Waals surface area contributed by atoms with Crippen LogP contribution in [0.1, 0.15) is 59.3 Å². The summed E-state index contributed by atoms with van der Waals surface area (Å²) < 4.78 is 0. The fourth-order valence-electron chi connectivity index (χ4n) is 4.82. The van der Waals surface area contributed by atoms with Crippen LogP contribution in [-0.4, -0.2) is 46.3 Å². The van der Waals surface area contributed by atoms with Gasteiger partial charge in [-0.2, -0.15) is 0 Å². The molecule has 21 heavy (non-hydrogen) atoms. The topological polar surface area (TPSA) is 40.6 Å². The first-order valence-electron chi connectivity index (χ1n) is 8.69. The summed E-state index contributed by atoms with van der Waals surface area (Å²) in [5.41, 5.74) is 0. The second kappa shape index (κ2) is 5.62. The van der Waals surface area contributed by atoms with E-state index in [4.69, 9.17) is 0 Å². The Hall–Kier alpha value is -1.06. The fraction of sp³-hybridized carbons (Fsp3) is 0.882. The Balaban J connectivity index is 1.84. The third-order valence-corrected chi connectivity index (χ3v) is 6.17. The molecule has 0 aromatic heterocycles. The van der Waals surface area contributed by atoms with Crippen molar-refractivity contribution in [3.63, 3.8) is 0 Å². The number of carbonyl (C=O) groups is 2. The van der Waals surface area contributed by atoms with Crippen molar-refractivity contribution < 1.29 is 9.59 Å². The third-order valence-electron chi connectivity index (χ3n) is 6.17. The van der Waals surface area contributed by atoms with Crippen molar-refractivity contribution in [3.05, 3.63) is 0 Å². The van der Waals surface area contributed by atoms with Crippen molar-refractivity contribution in [2.24, 2.45) is 11.8 Å². The van der Waals surface area contributed by atoms with Gasteiger partial charge in [0.1, 0.15) is 12.1 Å². The van der Waals surface area contributed by atoms with E-state index in [0.29, 0.717) is 11.8 Å². The van der Waals surface area contributed by atoms with Gasteiger partial charge in [0, 0.05) is 12.6 Å². The summed E-state index contributed by atoms with van der Waals surface area (Å²) in [5, 5.41) is 0. The quantitative estimate of drug-likeness (QED) is 0.784. The number of fused-ring (bicyclic) bond motifs is 1. The zero-order valence-corrected chi connectivity index (χ0v) is 13.5. The van der Waals surface area contributed by atoms with Crippen molar-refractivity contribution in [3.8, 4) is 0 Å². The Morgan fingerprint density at radius 2 is 1.81 bits per heavy atom. The van der Waals surface area contributed by atoms with E-state index in [1.807, 2.05) is 16.7 Å². The molecule has 0 aromatic carbocycles. The first kappa shape index (κ1) is 14.9. The number of nitrogens with zero attached hydrogens (tertiary/aromatic N) is 2. The van der Waals surface area contributed by atoms with Crippen molar-refractivity contribution in [1.29, 1.82) is 0 Å². The van der Waals surface area contributed by atoms with Gasteiger partial charge in [0.25, 0.3) is 0 Å². The maximum Gasteiger partial charge on any atom is 0.246 e. The molecule has 0 spiro atoms. The lowest BCUT2D eigenvalue weighted by Crippen LogP contribution is -2.67. The summed E-state index contributed by atoms with van der Waals surface area (Å²) in [7, 11) is 0. The van der Waals surface area contributed by atoms with E-state index in [9.17, 15) is 9.59 Å². The molecule has 3 fully saturated rings. The molecule has 3 rings (SSSR count). The SMILES string of the molecule is CCC1CCC(N2C(=O)C3CCCCN3C(=O)C2C)C1C. The standard InChI is InChI=1S/C17H28N2O2/c1-4-13-8-9-14(11(13)2)19-12(3)16(20)18-10-6-5-7-15(18)17(19)21/h11-15H,4-10H2,1-3H3. The lowest BCUT2D eigenvalue weighted by molar-refractivity contribution is -0.166. The van der Waals surface area contributed by atoms with Crippen LogP contribution in [0.3, 0.4) is 0 Å². The number of hydrogen-bond acceptors (Lipinski definition) is 2. The summed E-state index contributed by atoms with van der Waals surface area (Å²) in [4.78, 5) is 29.5. The lowest BCUT2D eigenvalue weighted by atomic mass is 9.89. The van der Waals surface area contributed by atoms with Crippen LogP contribution in [0, 0.1) is 11.8 Å². The van der Waals surface area contributed by atoms with Crippen LogP contribution in [0.2, 0.25) is 0 Å². The van der Waals surface area contributed by atoms with E-state index in [0.717, 1.165) is 32.2 Å².